The Morgan fingerprint density at radius 2 is 1.67 bits per heavy atom. The molecule has 0 aromatic carbocycles. The summed E-state index contributed by atoms with van der Waals surface area (Å²) in [6.07, 6.45) is 16.8. The van der Waals surface area contributed by atoms with Crippen molar-refractivity contribution in [2.45, 2.75) is 65.2 Å². The lowest BCUT2D eigenvalue weighted by Gasteiger charge is -2.21. The van der Waals surface area contributed by atoms with Crippen LogP contribution in [0.5, 0.6) is 0 Å². The highest BCUT2D eigenvalue weighted by Gasteiger charge is 2.05. The van der Waals surface area contributed by atoms with Gasteiger partial charge in [0, 0.05) is 26.1 Å². The van der Waals surface area contributed by atoms with E-state index in [1.807, 2.05) is 0 Å². The molecule has 0 aliphatic carbocycles. The second kappa shape index (κ2) is 18.2. The smallest absolute Gasteiger partial charge is 0.220 e. The fraction of sp³-hybridized carbons (Fsp3) is 0.750. The van der Waals surface area contributed by atoms with Crippen LogP contribution >= 0.6 is 0 Å². The van der Waals surface area contributed by atoms with E-state index in [-0.39, 0.29) is 12.5 Å². The molecule has 0 aliphatic heterocycles. The summed E-state index contributed by atoms with van der Waals surface area (Å²) in [6.45, 7) is 7.58. The van der Waals surface area contributed by atoms with Gasteiger partial charge in [-0.1, -0.05) is 44.6 Å². The summed E-state index contributed by atoms with van der Waals surface area (Å²) >= 11 is 0. The summed E-state index contributed by atoms with van der Waals surface area (Å²) < 4.78 is 0. The Balaban J connectivity index is 3.75. The Bertz CT molecular complexity index is 341. The van der Waals surface area contributed by atoms with Gasteiger partial charge in [-0.15, -0.1) is 0 Å². The van der Waals surface area contributed by atoms with Crippen LogP contribution in [-0.4, -0.2) is 48.7 Å². The molecular weight excluding hydrogens is 300 g/mol. The van der Waals surface area contributed by atoms with Crippen molar-refractivity contribution in [3.05, 3.63) is 24.3 Å². The molecule has 0 heterocycles. The van der Waals surface area contributed by atoms with Crippen LogP contribution < -0.4 is 5.32 Å². The maximum atomic E-state index is 11.8. The standard InChI is InChI=1S/C20H38N2O2/c1-3-5-7-9-11-13-16-22(18-19-23)17-15-21-20(24)14-12-10-8-6-4-2/h6-9,23H,3-5,10-19H2,1-2H3,(H,21,24)/b8-6+,9-7+. The van der Waals surface area contributed by atoms with Crippen LogP contribution in [0.25, 0.3) is 0 Å². The molecule has 0 unspecified atom stereocenters. The number of carbonyl (C=O) groups is 1. The molecule has 0 saturated carbocycles. The molecule has 0 aromatic heterocycles. The summed E-state index contributed by atoms with van der Waals surface area (Å²) in [5.74, 6) is 0.131. The molecular formula is C20H38N2O2. The molecule has 4 nitrogen and oxygen atoms in total. The maximum absolute atomic E-state index is 11.8. The van der Waals surface area contributed by atoms with Gasteiger partial charge in [0.05, 0.1) is 6.61 Å². The van der Waals surface area contributed by atoms with Crippen LogP contribution in [0.1, 0.15) is 65.2 Å². The van der Waals surface area contributed by atoms with E-state index in [9.17, 15) is 4.79 Å². The van der Waals surface area contributed by atoms with Crippen LogP contribution in [0, 0.1) is 0 Å². The first-order valence-corrected chi connectivity index (χ1v) is 9.64. The SMILES string of the molecule is CC/C=C/CCCC(=O)NCCN(CCO)CCC/C=C/CCC. The third kappa shape index (κ3) is 15.8. The monoisotopic (exact) mass is 338 g/mol. The molecule has 140 valence electrons. The number of hydrogen-bond acceptors (Lipinski definition) is 3. The van der Waals surface area contributed by atoms with Crippen LogP contribution in [0.3, 0.4) is 0 Å². The summed E-state index contributed by atoms with van der Waals surface area (Å²) in [5, 5.41) is 12.1. The molecule has 0 aromatic rings. The van der Waals surface area contributed by atoms with E-state index >= 15 is 0 Å². The number of aliphatic hydroxyl groups excluding tert-OH is 1. The molecule has 24 heavy (non-hydrogen) atoms. The summed E-state index contributed by atoms with van der Waals surface area (Å²) in [5.41, 5.74) is 0. The topological polar surface area (TPSA) is 52.6 Å². The van der Waals surface area contributed by atoms with Crippen LogP contribution in [-0.2, 0) is 4.79 Å². The second-order valence-corrected chi connectivity index (χ2v) is 6.09. The lowest BCUT2D eigenvalue weighted by atomic mass is 10.2. The quantitative estimate of drug-likeness (QED) is 0.333. The minimum Gasteiger partial charge on any atom is -0.395 e. The van der Waals surface area contributed by atoms with E-state index in [1.165, 1.54) is 6.42 Å². The second-order valence-electron chi connectivity index (χ2n) is 6.09. The molecule has 1 amide bonds. The Morgan fingerprint density at radius 1 is 0.958 bits per heavy atom. The normalized spacial score (nSPS) is 11.8. The first-order chi connectivity index (χ1) is 11.7. The molecule has 0 atom stereocenters. The van der Waals surface area contributed by atoms with Crippen molar-refractivity contribution in [1.82, 2.24) is 10.2 Å². The third-order valence-corrected chi connectivity index (χ3v) is 3.81. The minimum absolute atomic E-state index is 0.131. The van der Waals surface area contributed by atoms with Gasteiger partial charge in [0.2, 0.25) is 5.91 Å². The average molecular weight is 339 g/mol. The molecule has 0 spiro atoms. The summed E-state index contributed by atoms with van der Waals surface area (Å²) in [7, 11) is 0. The van der Waals surface area contributed by atoms with Crippen molar-refractivity contribution in [1.29, 1.82) is 0 Å². The zero-order valence-corrected chi connectivity index (χ0v) is 15.8. The molecule has 0 radical (unpaired) electrons. The van der Waals surface area contributed by atoms with Gasteiger partial charge < -0.3 is 10.4 Å². The Kier molecular flexibility index (Phi) is 17.4. The number of amides is 1. The van der Waals surface area contributed by atoms with E-state index in [2.05, 4.69) is 48.4 Å². The molecule has 0 saturated heterocycles. The van der Waals surface area contributed by atoms with Gasteiger partial charge >= 0.3 is 0 Å². The van der Waals surface area contributed by atoms with Crippen molar-refractivity contribution >= 4 is 5.91 Å². The lowest BCUT2D eigenvalue weighted by Crippen LogP contribution is -2.36. The Hall–Kier alpha value is -1.13. The molecule has 0 fully saturated rings. The van der Waals surface area contributed by atoms with Gasteiger partial charge in [0.1, 0.15) is 0 Å². The van der Waals surface area contributed by atoms with E-state index < -0.39 is 0 Å². The largest absolute Gasteiger partial charge is 0.395 e. The predicted octanol–water partition coefficient (Wildman–Crippen LogP) is 3.67. The van der Waals surface area contributed by atoms with Crippen LogP contribution in [0.15, 0.2) is 24.3 Å². The van der Waals surface area contributed by atoms with Crippen LogP contribution in [0.4, 0.5) is 0 Å². The fourth-order valence-electron chi connectivity index (χ4n) is 2.42. The lowest BCUT2D eigenvalue weighted by molar-refractivity contribution is -0.121. The van der Waals surface area contributed by atoms with Gasteiger partial charge in [0.25, 0.3) is 0 Å². The molecule has 0 aliphatic rings. The van der Waals surface area contributed by atoms with Crippen molar-refractivity contribution in [3.63, 3.8) is 0 Å². The maximum Gasteiger partial charge on any atom is 0.220 e. The van der Waals surface area contributed by atoms with Gasteiger partial charge in [0.15, 0.2) is 0 Å². The number of allylic oxidation sites excluding steroid dienone is 4. The highest BCUT2D eigenvalue weighted by Crippen LogP contribution is 1.99. The van der Waals surface area contributed by atoms with Gasteiger partial charge in [-0.25, -0.2) is 0 Å². The van der Waals surface area contributed by atoms with Crippen molar-refractivity contribution in [2.24, 2.45) is 0 Å². The van der Waals surface area contributed by atoms with Crippen LogP contribution in [0.2, 0.25) is 0 Å². The Labute approximate surface area is 149 Å². The number of unbranched alkanes of at least 4 members (excludes halogenated alkanes) is 3. The van der Waals surface area contributed by atoms with Gasteiger partial charge in [-0.2, -0.15) is 0 Å². The van der Waals surface area contributed by atoms with E-state index in [0.29, 0.717) is 19.5 Å². The molecule has 2 N–H and O–H groups in total. The number of nitrogens with zero attached hydrogens (tertiary/aromatic N) is 1. The number of hydrogen-bond donors (Lipinski definition) is 2. The van der Waals surface area contributed by atoms with Crippen molar-refractivity contribution in [2.75, 3.05) is 32.8 Å². The minimum atomic E-state index is 0.131. The zero-order valence-electron chi connectivity index (χ0n) is 15.8. The van der Waals surface area contributed by atoms with Gasteiger partial charge in [-0.05, 0) is 45.1 Å². The number of rotatable bonds is 16. The summed E-state index contributed by atoms with van der Waals surface area (Å²) in [6, 6.07) is 0. The highest BCUT2D eigenvalue weighted by molar-refractivity contribution is 5.75. The average Bonchev–Trinajstić information content (AvgIpc) is 2.57. The number of nitrogens with one attached hydrogen (secondary N) is 1. The molecule has 4 heteroatoms. The summed E-state index contributed by atoms with van der Waals surface area (Å²) in [4.78, 5) is 14.0. The first-order valence-electron chi connectivity index (χ1n) is 9.64. The zero-order chi connectivity index (χ0) is 17.9. The van der Waals surface area contributed by atoms with E-state index in [1.54, 1.807) is 0 Å². The number of carbonyl (C=O) groups excluding carboxylic acids is 1. The van der Waals surface area contributed by atoms with Crippen molar-refractivity contribution < 1.29 is 9.90 Å². The number of aliphatic hydroxyl groups is 1. The highest BCUT2D eigenvalue weighted by atomic mass is 16.3. The molecule has 0 bridgehead atoms. The van der Waals surface area contributed by atoms with Gasteiger partial charge in [-0.3, -0.25) is 9.69 Å². The third-order valence-electron chi connectivity index (χ3n) is 3.81. The Morgan fingerprint density at radius 3 is 2.38 bits per heavy atom. The van der Waals surface area contributed by atoms with E-state index in [4.69, 9.17) is 5.11 Å². The van der Waals surface area contributed by atoms with E-state index in [0.717, 1.165) is 51.6 Å². The predicted molar refractivity (Wildman–Crippen MR) is 103 cm³/mol. The molecule has 0 rings (SSSR count). The fourth-order valence-corrected chi connectivity index (χ4v) is 2.42. The first kappa shape index (κ1) is 22.9. The van der Waals surface area contributed by atoms with Crippen molar-refractivity contribution in [3.8, 4) is 0 Å².